The minimum absolute atomic E-state index is 0.235. The minimum atomic E-state index is -1.41. The molecule has 0 aromatic heterocycles. The van der Waals surface area contributed by atoms with Crippen LogP contribution in [0.2, 0.25) is 0 Å². The van der Waals surface area contributed by atoms with Crippen molar-refractivity contribution in [1.82, 2.24) is 5.32 Å². The number of halogens is 2. The van der Waals surface area contributed by atoms with E-state index in [0.29, 0.717) is 17.9 Å². The van der Waals surface area contributed by atoms with E-state index in [4.69, 9.17) is 4.74 Å². The summed E-state index contributed by atoms with van der Waals surface area (Å²) in [7, 11) is 1.95. The van der Waals surface area contributed by atoms with Crippen molar-refractivity contribution in [3.63, 3.8) is 0 Å². The van der Waals surface area contributed by atoms with Gasteiger partial charge in [0.25, 0.3) is 0 Å². The average Bonchev–Trinajstić information content (AvgIpc) is 2.61. The Morgan fingerprint density at radius 1 is 1.08 bits per heavy atom. The maximum Gasteiger partial charge on any atom is 0.133 e. The largest absolute Gasteiger partial charge is 0.493 e. The van der Waals surface area contributed by atoms with E-state index in [-0.39, 0.29) is 5.56 Å². The molecule has 1 atom stereocenters. The van der Waals surface area contributed by atoms with Crippen LogP contribution in [-0.2, 0) is 5.60 Å². The Morgan fingerprint density at radius 2 is 1.77 bits per heavy atom. The molecule has 0 saturated heterocycles. The smallest absolute Gasteiger partial charge is 0.133 e. The molecule has 0 spiro atoms. The third-order valence-corrected chi connectivity index (χ3v) is 4.99. The third-order valence-electron chi connectivity index (χ3n) is 4.46. The quantitative estimate of drug-likeness (QED) is 0.528. The molecule has 5 heteroatoms. The number of hydrogen-bond acceptors (Lipinski definition) is 3. The van der Waals surface area contributed by atoms with Gasteiger partial charge in [-0.15, -0.1) is 0 Å². The van der Waals surface area contributed by atoms with Gasteiger partial charge in [0.1, 0.15) is 17.2 Å². The number of nitrogens with one attached hydrogen (secondary N) is 1. The van der Waals surface area contributed by atoms with Crippen molar-refractivity contribution >= 4 is 15.9 Å². The van der Waals surface area contributed by atoms with Crippen LogP contribution in [0, 0.1) is 5.82 Å². The summed E-state index contributed by atoms with van der Waals surface area (Å²) in [4.78, 5) is 0. The Bertz CT molecular complexity index is 689. The highest BCUT2D eigenvalue weighted by molar-refractivity contribution is 9.10. The van der Waals surface area contributed by atoms with Crippen LogP contribution >= 0.6 is 15.9 Å². The fourth-order valence-corrected chi connectivity index (χ4v) is 3.12. The summed E-state index contributed by atoms with van der Waals surface area (Å²) in [6.07, 6.45) is 4.36. The first-order valence-corrected chi connectivity index (χ1v) is 9.80. The fraction of sp³-hybridized carbons (Fsp3) is 0.429. The maximum absolute atomic E-state index is 14.6. The Labute approximate surface area is 163 Å². The Balaban J connectivity index is 1.95. The molecular formula is C21H27BrFNO2. The van der Waals surface area contributed by atoms with Crippen LogP contribution < -0.4 is 10.1 Å². The number of aliphatic hydroxyl groups is 1. The van der Waals surface area contributed by atoms with Crippen LogP contribution in [-0.4, -0.2) is 25.3 Å². The van der Waals surface area contributed by atoms with Gasteiger partial charge in [0.2, 0.25) is 0 Å². The normalized spacial score (nSPS) is 13.4. The number of hydrogen-bond donors (Lipinski definition) is 2. The van der Waals surface area contributed by atoms with Crippen LogP contribution in [0.25, 0.3) is 0 Å². The lowest BCUT2D eigenvalue weighted by Gasteiger charge is -2.25. The van der Waals surface area contributed by atoms with Gasteiger partial charge in [0.05, 0.1) is 6.61 Å². The van der Waals surface area contributed by atoms with Gasteiger partial charge in [-0.2, -0.15) is 0 Å². The zero-order valence-corrected chi connectivity index (χ0v) is 17.0. The van der Waals surface area contributed by atoms with E-state index in [9.17, 15) is 9.50 Å². The lowest BCUT2D eigenvalue weighted by molar-refractivity contribution is 0.0978. The van der Waals surface area contributed by atoms with E-state index in [1.54, 1.807) is 31.2 Å². The third kappa shape index (κ3) is 5.79. The van der Waals surface area contributed by atoms with Gasteiger partial charge in [-0.1, -0.05) is 40.9 Å². The number of benzene rings is 2. The van der Waals surface area contributed by atoms with Gasteiger partial charge in [0.15, 0.2) is 0 Å². The van der Waals surface area contributed by atoms with E-state index in [1.807, 2.05) is 19.2 Å². The molecule has 2 aromatic rings. The zero-order valence-electron chi connectivity index (χ0n) is 15.4. The molecule has 26 heavy (non-hydrogen) atoms. The molecule has 0 heterocycles. The van der Waals surface area contributed by atoms with Crippen molar-refractivity contribution in [2.45, 2.75) is 38.2 Å². The molecule has 0 aliphatic carbocycles. The number of unbranched alkanes of at least 4 members (excludes halogenated alkanes) is 3. The summed E-state index contributed by atoms with van der Waals surface area (Å²) in [5, 5.41) is 14.0. The second kappa shape index (κ2) is 10.0. The molecular weight excluding hydrogens is 397 g/mol. The Morgan fingerprint density at radius 3 is 2.42 bits per heavy atom. The monoisotopic (exact) mass is 423 g/mol. The summed E-state index contributed by atoms with van der Waals surface area (Å²) >= 11 is 3.36. The van der Waals surface area contributed by atoms with Crippen LogP contribution in [0.15, 0.2) is 46.9 Å². The molecule has 3 nitrogen and oxygen atoms in total. The number of ether oxygens (including phenoxy) is 1. The molecule has 0 radical (unpaired) electrons. The predicted octanol–water partition coefficient (Wildman–Crippen LogP) is 5.00. The highest BCUT2D eigenvalue weighted by Crippen LogP contribution is 2.33. The van der Waals surface area contributed by atoms with Gasteiger partial charge >= 0.3 is 0 Å². The summed E-state index contributed by atoms with van der Waals surface area (Å²) < 4.78 is 21.1. The Kier molecular flexibility index (Phi) is 8.07. The molecule has 0 aliphatic rings. The molecule has 0 saturated carbocycles. The van der Waals surface area contributed by atoms with E-state index in [0.717, 1.165) is 36.7 Å². The lowest BCUT2D eigenvalue weighted by atomic mass is 9.88. The highest BCUT2D eigenvalue weighted by atomic mass is 79.9. The van der Waals surface area contributed by atoms with Crippen LogP contribution in [0.3, 0.4) is 0 Å². The second-order valence-electron chi connectivity index (χ2n) is 6.59. The maximum atomic E-state index is 14.6. The van der Waals surface area contributed by atoms with Crippen molar-refractivity contribution in [1.29, 1.82) is 0 Å². The van der Waals surface area contributed by atoms with E-state index < -0.39 is 11.4 Å². The lowest BCUT2D eigenvalue weighted by Crippen LogP contribution is -2.24. The van der Waals surface area contributed by atoms with Gasteiger partial charge in [0, 0.05) is 16.1 Å². The van der Waals surface area contributed by atoms with Crippen molar-refractivity contribution in [2.75, 3.05) is 20.2 Å². The van der Waals surface area contributed by atoms with Crippen molar-refractivity contribution in [3.05, 3.63) is 63.9 Å². The molecule has 2 rings (SSSR count). The Hall–Kier alpha value is -1.43. The van der Waals surface area contributed by atoms with E-state index >= 15 is 0 Å². The SMILES string of the molecule is CNCCCCCCOc1ccc(C(C)(O)c2ccc(Br)cc2)c(F)c1. The van der Waals surface area contributed by atoms with Crippen molar-refractivity contribution in [3.8, 4) is 5.75 Å². The molecule has 0 fully saturated rings. The zero-order chi connectivity index (χ0) is 19.0. The standard InChI is InChI=1S/C21H27BrFNO2/c1-21(25,16-7-9-17(22)10-8-16)19-12-11-18(15-20(19)23)26-14-6-4-3-5-13-24-2/h7-12,15,24-25H,3-6,13-14H2,1-2H3. The van der Waals surface area contributed by atoms with Crippen molar-refractivity contribution < 1.29 is 14.2 Å². The molecule has 0 amide bonds. The summed E-state index contributed by atoms with van der Waals surface area (Å²) in [6, 6.07) is 11.9. The van der Waals surface area contributed by atoms with Gasteiger partial charge in [-0.25, -0.2) is 4.39 Å². The van der Waals surface area contributed by atoms with E-state index in [1.165, 1.54) is 6.07 Å². The molecule has 2 aromatic carbocycles. The first-order valence-electron chi connectivity index (χ1n) is 9.01. The van der Waals surface area contributed by atoms with Crippen LogP contribution in [0.5, 0.6) is 5.75 Å². The van der Waals surface area contributed by atoms with Gasteiger partial charge < -0.3 is 15.2 Å². The van der Waals surface area contributed by atoms with Gasteiger partial charge in [-0.3, -0.25) is 0 Å². The molecule has 1 unspecified atom stereocenters. The second-order valence-corrected chi connectivity index (χ2v) is 7.50. The summed E-state index contributed by atoms with van der Waals surface area (Å²) in [5.74, 6) is 0.0255. The molecule has 2 N–H and O–H groups in total. The van der Waals surface area contributed by atoms with Crippen LogP contribution in [0.1, 0.15) is 43.7 Å². The highest BCUT2D eigenvalue weighted by Gasteiger charge is 2.29. The molecule has 142 valence electrons. The van der Waals surface area contributed by atoms with Crippen LogP contribution in [0.4, 0.5) is 4.39 Å². The van der Waals surface area contributed by atoms with Gasteiger partial charge in [-0.05, 0) is 63.2 Å². The fourth-order valence-electron chi connectivity index (χ4n) is 2.86. The van der Waals surface area contributed by atoms with E-state index in [2.05, 4.69) is 21.2 Å². The van der Waals surface area contributed by atoms with Crippen molar-refractivity contribution in [2.24, 2.45) is 0 Å². The number of rotatable bonds is 10. The molecule has 0 aliphatic heterocycles. The minimum Gasteiger partial charge on any atom is -0.493 e. The first-order chi connectivity index (χ1) is 12.4. The predicted molar refractivity (Wildman–Crippen MR) is 107 cm³/mol. The summed E-state index contributed by atoms with van der Waals surface area (Å²) in [6.45, 7) is 3.20. The first kappa shape index (κ1) is 20.9. The topological polar surface area (TPSA) is 41.5 Å². The average molecular weight is 424 g/mol. The molecule has 0 bridgehead atoms. The summed E-state index contributed by atoms with van der Waals surface area (Å²) in [5.41, 5.74) is -0.537.